The van der Waals surface area contributed by atoms with Gasteiger partial charge < -0.3 is 4.90 Å². The van der Waals surface area contributed by atoms with Crippen molar-refractivity contribution in [3.05, 3.63) is 33.8 Å². The fourth-order valence-corrected chi connectivity index (χ4v) is 3.63. The average molecular weight is 385 g/mol. The van der Waals surface area contributed by atoms with E-state index >= 15 is 0 Å². The van der Waals surface area contributed by atoms with Crippen LogP contribution in [0.15, 0.2) is 18.2 Å². The van der Waals surface area contributed by atoms with Crippen molar-refractivity contribution in [2.45, 2.75) is 45.6 Å². The van der Waals surface area contributed by atoms with Gasteiger partial charge in [-0.2, -0.15) is 0 Å². The summed E-state index contributed by atoms with van der Waals surface area (Å²) in [7, 11) is 0. The number of Topliss-reactive ketones (excluding diaryl/α,β-unsaturated/α-hetero) is 1. The normalized spacial score (nSPS) is 15.6. The minimum Gasteiger partial charge on any atom is -0.340 e. The zero-order valence-corrected chi connectivity index (χ0v) is 16.4. The van der Waals surface area contributed by atoms with E-state index in [0.717, 1.165) is 39.0 Å². The average Bonchev–Trinajstić information content (AvgIpc) is 2.63. The SMILES string of the molecule is CCC(CC)N1CCN(C(=O)CCC(=O)c2ccc(Cl)c(Cl)c2)CC1. The molecule has 0 N–H and O–H groups in total. The van der Waals surface area contributed by atoms with E-state index in [9.17, 15) is 9.59 Å². The summed E-state index contributed by atoms with van der Waals surface area (Å²) < 4.78 is 0. The molecule has 2 rings (SSSR count). The Balaban J connectivity index is 1.81. The molecule has 0 atom stereocenters. The van der Waals surface area contributed by atoms with Crippen LogP contribution < -0.4 is 0 Å². The molecule has 1 heterocycles. The standard InChI is InChI=1S/C19H26Cl2N2O2/c1-3-15(4-2)22-9-11-23(12-10-22)19(25)8-7-18(24)14-5-6-16(20)17(21)13-14/h5-6,13,15H,3-4,7-12H2,1-2H3. The van der Waals surface area contributed by atoms with Gasteiger partial charge in [-0.1, -0.05) is 37.0 Å². The fraction of sp³-hybridized carbons (Fsp3) is 0.579. The molecule has 0 aliphatic carbocycles. The molecule has 138 valence electrons. The van der Waals surface area contributed by atoms with Gasteiger partial charge in [0.1, 0.15) is 0 Å². The molecule has 6 heteroatoms. The molecule has 1 aromatic rings. The largest absolute Gasteiger partial charge is 0.340 e. The third-order valence-electron chi connectivity index (χ3n) is 4.93. The lowest BCUT2D eigenvalue weighted by Gasteiger charge is -2.38. The Morgan fingerprint density at radius 3 is 2.20 bits per heavy atom. The van der Waals surface area contributed by atoms with Crippen molar-refractivity contribution in [3.8, 4) is 0 Å². The highest BCUT2D eigenvalue weighted by atomic mass is 35.5. The Bertz CT molecular complexity index is 609. The highest BCUT2D eigenvalue weighted by Gasteiger charge is 2.24. The topological polar surface area (TPSA) is 40.6 Å². The number of carbonyl (C=O) groups excluding carboxylic acids is 2. The van der Waals surface area contributed by atoms with Crippen LogP contribution >= 0.6 is 23.2 Å². The quantitative estimate of drug-likeness (QED) is 0.658. The Hall–Kier alpha value is -1.10. The summed E-state index contributed by atoms with van der Waals surface area (Å²) in [4.78, 5) is 29.0. The third kappa shape index (κ3) is 5.44. The Morgan fingerprint density at radius 1 is 1.00 bits per heavy atom. The molecule has 1 aliphatic rings. The summed E-state index contributed by atoms with van der Waals surface area (Å²) in [6.07, 6.45) is 2.72. The van der Waals surface area contributed by atoms with Crippen molar-refractivity contribution in [1.29, 1.82) is 0 Å². The Kier molecular flexibility index (Phi) is 7.73. The van der Waals surface area contributed by atoms with Crippen LogP contribution in [0.2, 0.25) is 10.0 Å². The van der Waals surface area contributed by atoms with E-state index in [1.807, 2.05) is 4.90 Å². The summed E-state index contributed by atoms with van der Waals surface area (Å²) >= 11 is 11.8. The summed E-state index contributed by atoms with van der Waals surface area (Å²) in [6.45, 7) is 7.74. The zero-order chi connectivity index (χ0) is 18.4. The van der Waals surface area contributed by atoms with Crippen molar-refractivity contribution in [2.75, 3.05) is 26.2 Å². The number of halogens is 2. The number of hydrogen-bond donors (Lipinski definition) is 0. The van der Waals surface area contributed by atoms with E-state index < -0.39 is 0 Å². The van der Waals surface area contributed by atoms with E-state index in [2.05, 4.69) is 18.7 Å². The molecule has 1 amide bonds. The zero-order valence-electron chi connectivity index (χ0n) is 14.9. The molecular formula is C19H26Cl2N2O2. The molecule has 0 unspecified atom stereocenters. The maximum absolute atomic E-state index is 12.4. The maximum atomic E-state index is 12.4. The van der Waals surface area contributed by atoms with Crippen LogP contribution in [0, 0.1) is 0 Å². The monoisotopic (exact) mass is 384 g/mol. The first-order valence-electron chi connectivity index (χ1n) is 8.96. The van der Waals surface area contributed by atoms with Crippen molar-refractivity contribution in [2.24, 2.45) is 0 Å². The summed E-state index contributed by atoms with van der Waals surface area (Å²) in [6, 6.07) is 5.42. The molecule has 1 fully saturated rings. The van der Waals surface area contributed by atoms with Crippen LogP contribution in [0.5, 0.6) is 0 Å². The first kappa shape index (κ1) is 20.2. The first-order chi connectivity index (χ1) is 12.0. The second kappa shape index (κ2) is 9.56. The molecule has 0 radical (unpaired) electrons. The fourth-order valence-electron chi connectivity index (χ4n) is 3.33. The molecule has 0 bridgehead atoms. The van der Waals surface area contributed by atoms with E-state index in [4.69, 9.17) is 23.2 Å². The molecule has 1 aliphatic heterocycles. The maximum Gasteiger partial charge on any atom is 0.223 e. The van der Waals surface area contributed by atoms with Crippen molar-refractivity contribution in [1.82, 2.24) is 9.80 Å². The number of carbonyl (C=O) groups is 2. The van der Waals surface area contributed by atoms with Gasteiger partial charge in [-0.15, -0.1) is 0 Å². The van der Waals surface area contributed by atoms with E-state index in [1.54, 1.807) is 18.2 Å². The first-order valence-corrected chi connectivity index (χ1v) is 9.71. The predicted octanol–water partition coefficient (Wildman–Crippen LogP) is 4.29. The van der Waals surface area contributed by atoms with Gasteiger partial charge in [-0.3, -0.25) is 14.5 Å². The molecule has 0 aromatic heterocycles. The van der Waals surface area contributed by atoms with Crippen molar-refractivity contribution < 1.29 is 9.59 Å². The molecule has 25 heavy (non-hydrogen) atoms. The number of amides is 1. The molecule has 4 nitrogen and oxygen atoms in total. The Labute approximate surface area is 160 Å². The number of piperazine rings is 1. The van der Waals surface area contributed by atoms with Crippen molar-refractivity contribution >= 4 is 34.9 Å². The van der Waals surface area contributed by atoms with Gasteiger partial charge in [0.25, 0.3) is 0 Å². The minimum atomic E-state index is -0.0809. The van der Waals surface area contributed by atoms with Gasteiger partial charge in [-0.05, 0) is 31.0 Å². The highest BCUT2D eigenvalue weighted by molar-refractivity contribution is 6.42. The number of ketones is 1. The lowest BCUT2D eigenvalue weighted by Crippen LogP contribution is -2.51. The Morgan fingerprint density at radius 2 is 1.64 bits per heavy atom. The molecule has 1 saturated heterocycles. The van der Waals surface area contributed by atoms with Crippen molar-refractivity contribution in [3.63, 3.8) is 0 Å². The van der Waals surface area contributed by atoms with E-state index in [0.29, 0.717) is 21.7 Å². The molecular weight excluding hydrogens is 359 g/mol. The summed E-state index contributed by atoms with van der Waals surface area (Å²) in [5.41, 5.74) is 0.501. The van der Waals surface area contributed by atoms with Crippen LogP contribution in [-0.2, 0) is 4.79 Å². The van der Waals surface area contributed by atoms with Gasteiger partial charge in [0.2, 0.25) is 5.91 Å². The lowest BCUT2D eigenvalue weighted by atomic mass is 10.1. The van der Waals surface area contributed by atoms with Crippen LogP contribution in [0.4, 0.5) is 0 Å². The van der Waals surface area contributed by atoms with Crippen LogP contribution in [-0.4, -0.2) is 53.7 Å². The number of benzene rings is 1. The number of rotatable bonds is 7. The van der Waals surface area contributed by atoms with Gasteiger partial charge in [-0.25, -0.2) is 0 Å². The number of hydrogen-bond acceptors (Lipinski definition) is 3. The van der Waals surface area contributed by atoms with Gasteiger partial charge in [0.15, 0.2) is 5.78 Å². The second-order valence-electron chi connectivity index (χ2n) is 6.44. The van der Waals surface area contributed by atoms with Crippen LogP contribution in [0.25, 0.3) is 0 Å². The molecule has 1 aromatic carbocycles. The lowest BCUT2D eigenvalue weighted by molar-refractivity contribution is -0.133. The van der Waals surface area contributed by atoms with Gasteiger partial charge in [0, 0.05) is 50.6 Å². The minimum absolute atomic E-state index is 0.0533. The highest BCUT2D eigenvalue weighted by Crippen LogP contribution is 2.23. The predicted molar refractivity (Wildman–Crippen MR) is 103 cm³/mol. The summed E-state index contributed by atoms with van der Waals surface area (Å²) in [5.74, 6) is -0.0276. The number of nitrogens with zero attached hydrogens (tertiary/aromatic N) is 2. The third-order valence-corrected chi connectivity index (χ3v) is 5.67. The smallest absolute Gasteiger partial charge is 0.223 e. The molecule has 0 spiro atoms. The van der Waals surface area contributed by atoms with Crippen LogP contribution in [0.1, 0.15) is 49.9 Å². The van der Waals surface area contributed by atoms with Gasteiger partial charge in [0.05, 0.1) is 10.0 Å². The van der Waals surface area contributed by atoms with E-state index in [1.165, 1.54) is 0 Å². The summed E-state index contributed by atoms with van der Waals surface area (Å²) in [5, 5.41) is 0.779. The second-order valence-corrected chi connectivity index (χ2v) is 7.25. The van der Waals surface area contributed by atoms with Gasteiger partial charge >= 0.3 is 0 Å². The molecule has 0 saturated carbocycles. The van der Waals surface area contributed by atoms with E-state index in [-0.39, 0.29) is 24.5 Å². The van der Waals surface area contributed by atoms with Crippen LogP contribution in [0.3, 0.4) is 0 Å².